The molecule has 0 amide bonds. The number of nitrogens with zero attached hydrogens (tertiary/aromatic N) is 1. The van der Waals surface area contributed by atoms with Crippen LogP contribution in [0.4, 0.5) is 0 Å². The van der Waals surface area contributed by atoms with Crippen molar-refractivity contribution in [3.05, 3.63) is 43.7 Å². The summed E-state index contributed by atoms with van der Waals surface area (Å²) in [7, 11) is -3.60. The Morgan fingerprint density at radius 3 is 2.74 bits per heavy atom. The Morgan fingerprint density at radius 1 is 1.37 bits per heavy atom. The van der Waals surface area contributed by atoms with Crippen LogP contribution in [0.25, 0.3) is 0 Å². The lowest BCUT2D eigenvalue weighted by molar-refractivity contribution is 0.566. The molecule has 1 aromatic heterocycles. The van der Waals surface area contributed by atoms with Gasteiger partial charge in [0.25, 0.3) is 0 Å². The summed E-state index contributed by atoms with van der Waals surface area (Å²) in [5.41, 5.74) is 0. The van der Waals surface area contributed by atoms with Gasteiger partial charge in [0, 0.05) is 20.5 Å². The van der Waals surface area contributed by atoms with Gasteiger partial charge in [0.1, 0.15) is 5.01 Å². The molecule has 1 aromatic carbocycles. The highest BCUT2D eigenvalue weighted by molar-refractivity contribution is 9.11. The van der Waals surface area contributed by atoms with E-state index in [9.17, 15) is 8.42 Å². The van der Waals surface area contributed by atoms with E-state index in [2.05, 4.69) is 41.6 Å². The zero-order chi connectivity index (χ0) is 14.0. The smallest absolute Gasteiger partial charge is 0.242 e. The summed E-state index contributed by atoms with van der Waals surface area (Å²) in [6.07, 6.45) is 1.65. The maximum Gasteiger partial charge on any atom is 0.242 e. The third-order valence-corrected chi connectivity index (χ3v) is 6.32. The monoisotopic (exact) mass is 424 g/mol. The van der Waals surface area contributed by atoms with Gasteiger partial charge in [-0.2, -0.15) is 0 Å². The maximum absolute atomic E-state index is 12.3. The van der Waals surface area contributed by atoms with Crippen molar-refractivity contribution in [1.29, 1.82) is 0 Å². The molecule has 4 nitrogen and oxygen atoms in total. The minimum atomic E-state index is -3.60. The number of thiazole rings is 1. The highest BCUT2D eigenvalue weighted by Gasteiger charge is 2.22. The number of benzene rings is 1. The Kier molecular flexibility index (Phi) is 4.78. The number of nitrogens with one attached hydrogen (secondary N) is 1. The topological polar surface area (TPSA) is 59.1 Å². The molecule has 1 unspecified atom stereocenters. The second-order valence-corrected chi connectivity index (χ2v) is 8.17. The fourth-order valence-corrected chi connectivity index (χ4v) is 4.91. The quantitative estimate of drug-likeness (QED) is 0.812. The minimum absolute atomic E-state index is 0.199. The first-order chi connectivity index (χ1) is 8.90. The van der Waals surface area contributed by atoms with Crippen LogP contribution in [-0.2, 0) is 10.0 Å². The van der Waals surface area contributed by atoms with Crippen LogP contribution in [0.3, 0.4) is 0 Å². The van der Waals surface area contributed by atoms with E-state index >= 15 is 0 Å². The van der Waals surface area contributed by atoms with Gasteiger partial charge in [-0.15, -0.1) is 11.3 Å². The summed E-state index contributed by atoms with van der Waals surface area (Å²) in [4.78, 5) is 4.30. The highest BCUT2D eigenvalue weighted by atomic mass is 79.9. The standard InChI is InChI=1S/C11H10Br2N2O2S2/c1-7(11-14-4-5-18-11)15-19(16,17)10-6-8(12)2-3-9(10)13/h2-7,15H,1H3. The molecule has 0 saturated heterocycles. The first-order valence-electron chi connectivity index (χ1n) is 5.27. The Labute approximate surface area is 132 Å². The van der Waals surface area contributed by atoms with Crippen molar-refractivity contribution < 1.29 is 8.42 Å². The van der Waals surface area contributed by atoms with Gasteiger partial charge in [-0.1, -0.05) is 15.9 Å². The molecule has 2 aromatic rings. The largest absolute Gasteiger partial charge is 0.248 e. The number of halogens is 2. The molecule has 0 aliphatic rings. The van der Waals surface area contributed by atoms with E-state index in [1.165, 1.54) is 11.3 Å². The van der Waals surface area contributed by atoms with Gasteiger partial charge in [0.2, 0.25) is 10.0 Å². The predicted molar refractivity (Wildman–Crippen MR) is 82.7 cm³/mol. The molecule has 8 heteroatoms. The van der Waals surface area contributed by atoms with Crippen molar-refractivity contribution in [2.45, 2.75) is 17.9 Å². The molecule has 0 aliphatic heterocycles. The van der Waals surface area contributed by atoms with E-state index in [0.29, 0.717) is 8.95 Å². The van der Waals surface area contributed by atoms with E-state index in [1.54, 1.807) is 31.3 Å². The van der Waals surface area contributed by atoms with Crippen LogP contribution in [0.5, 0.6) is 0 Å². The summed E-state index contributed by atoms with van der Waals surface area (Å²) < 4.78 is 28.5. The first-order valence-corrected chi connectivity index (χ1v) is 9.22. The predicted octanol–water partition coefficient (Wildman–Crippen LogP) is 3.71. The van der Waals surface area contributed by atoms with E-state index in [1.807, 2.05) is 5.38 Å². The van der Waals surface area contributed by atoms with Gasteiger partial charge < -0.3 is 0 Å². The van der Waals surface area contributed by atoms with Crippen LogP contribution >= 0.6 is 43.2 Å². The highest BCUT2D eigenvalue weighted by Crippen LogP contribution is 2.27. The van der Waals surface area contributed by atoms with Gasteiger partial charge in [0.15, 0.2) is 0 Å². The number of hydrogen-bond acceptors (Lipinski definition) is 4. The third kappa shape index (κ3) is 3.63. The molecule has 102 valence electrons. The average molecular weight is 426 g/mol. The van der Waals surface area contributed by atoms with E-state index in [4.69, 9.17) is 0 Å². The van der Waals surface area contributed by atoms with Crippen LogP contribution < -0.4 is 4.72 Å². The van der Waals surface area contributed by atoms with Crippen molar-refractivity contribution in [2.24, 2.45) is 0 Å². The fraction of sp³-hybridized carbons (Fsp3) is 0.182. The summed E-state index contributed by atoms with van der Waals surface area (Å²) in [5, 5.41) is 2.55. The SMILES string of the molecule is CC(NS(=O)(=O)c1cc(Br)ccc1Br)c1nccs1. The molecule has 0 radical (unpaired) electrons. The van der Waals surface area contributed by atoms with Gasteiger partial charge >= 0.3 is 0 Å². The number of rotatable bonds is 4. The lowest BCUT2D eigenvalue weighted by Crippen LogP contribution is -2.27. The Morgan fingerprint density at radius 2 is 2.11 bits per heavy atom. The van der Waals surface area contributed by atoms with E-state index in [0.717, 1.165) is 5.01 Å². The fourth-order valence-electron chi connectivity index (χ4n) is 1.48. The minimum Gasteiger partial charge on any atom is -0.248 e. The Balaban J connectivity index is 2.30. The van der Waals surface area contributed by atoms with Crippen molar-refractivity contribution in [3.63, 3.8) is 0 Å². The van der Waals surface area contributed by atoms with E-state index < -0.39 is 10.0 Å². The number of aromatic nitrogens is 1. The van der Waals surface area contributed by atoms with Crippen LogP contribution in [0.15, 0.2) is 43.6 Å². The van der Waals surface area contributed by atoms with Crippen LogP contribution in [0.1, 0.15) is 18.0 Å². The second kappa shape index (κ2) is 6.01. The molecular weight excluding hydrogens is 416 g/mol. The summed E-state index contributed by atoms with van der Waals surface area (Å²) >= 11 is 7.94. The normalized spacial score (nSPS) is 13.4. The van der Waals surface area contributed by atoms with Crippen molar-refractivity contribution in [2.75, 3.05) is 0 Å². The number of sulfonamides is 1. The lowest BCUT2D eigenvalue weighted by Gasteiger charge is -2.13. The second-order valence-electron chi connectivity index (χ2n) is 3.79. The third-order valence-electron chi connectivity index (χ3n) is 2.34. The Bertz CT molecular complexity index is 672. The number of hydrogen-bond donors (Lipinski definition) is 1. The summed E-state index contributed by atoms with van der Waals surface area (Å²) in [6.45, 7) is 1.77. The molecule has 19 heavy (non-hydrogen) atoms. The van der Waals surface area contributed by atoms with Crippen LogP contribution in [0.2, 0.25) is 0 Å². The molecule has 2 rings (SSSR count). The summed E-state index contributed by atoms with van der Waals surface area (Å²) in [6, 6.07) is 4.65. The summed E-state index contributed by atoms with van der Waals surface area (Å²) in [5.74, 6) is 0. The van der Waals surface area contributed by atoms with Gasteiger partial charge in [-0.3, -0.25) is 0 Å². The van der Waals surface area contributed by atoms with Gasteiger partial charge in [-0.05, 0) is 41.1 Å². The molecule has 1 atom stereocenters. The molecule has 1 N–H and O–H groups in total. The zero-order valence-corrected chi connectivity index (χ0v) is 14.6. The maximum atomic E-state index is 12.3. The van der Waals surface area contributed by atoms with Gasteiger partial charge in [0.05, 0.1) is 10.9 Å². The van der Waals surface area contributed by atoms with Crippen LogP contribution in [0, 0.1) is 0 Å². The van der Waals surface area contributed by atoms with Crippen molar-refractivity contribution in [1.82, 2.24) is 9.71 Å². The van der Waals surface area contributed by atoms with Crippen molar-refractivity contribution >= 4 is 53.2 Å². The zero-order valence-electron chi connectivity index (χ0n) is 9.80. The first kappa shape index (κ1) is 15.1. The molecule has 0 aliphatic carbocycles. The van der Waals surface area contributed by atoms with Gasteiger partial charge in [-0.25, -0.2) is 18.1 Å². The average Bonchev–Trinajstić information content (AvgIpc) is 2.85. The Hall–Kier alpha value is -0.280. The molecule has 0 spiro atoms. The molecule has 1 heterocycles. The van der Waals surface area contributed by atoms with E-state index in [-0.39, 0.29) is 10.9 Å². The molecular formula is C11H10Br2N2O2S2. The molecule has 0 fully saturated rings. The van der Waals surface area contributed by atoms with Crippen LogP contribution in [-0.4, -0.2) is 13.4 Å². The molecule has 0 saturated carbocycles. The molecule has 0 bridgehead atoms. The van der Waals surface area contributed by atoms with Crippen molar-refractivity contribution in [3.8, 4) is 0 Å². The lowest BCUT2D eigenvalue weighted by atomic mass is 10.4.